The molecule has 0 aliphatic rings. The molecule has 1 N–H and O–H groups in total. The number of aromatic nitrogens is 1. The van der Waals surface area contributed by atoms with E-state index in [1.54, 1.807) is 19.1 Å². The number of nitro groups is 1. The third kappa shape index (κ3) is 4.08. The van der Waals surface area contributed by atoms with Crippen LogP contribution >= 0.6 is 0 Å². The topological polar surface area (TPSA) is 103 Å². The van der Waals surface area contributed by atoms with Gasteiger partial charge >= 0.3 is 5.97 Å². The zero-order valence-electron chi connectivity index (χ0n) is 15.2. The molecule has 1 heterocycles. The Kier molecular flexibility index (Phi) is 5.76. The molecule has 1 aromatic heterocycles. The number of hydrogen-bond donors (Lipinski definition) is 1. The highest BCUT2D eigenvalue weighted by molar-refractivity contribution is 5.96. The quantitative estimate of drug-likeness (QED) is 0.485. The number of amides is 1. The Balaban J connectivity index is 2.02. The van der Waals surface area contributed by atoms with Gasteiger partial charge in [0.25, 0.3) is 11.6 Å². The maximum absolute atomic E-state index is 12.2. The molecule has 2 rings (SSSR count). The van der Waals surface area contributed by atoms with E-state index in [0.29, 0.717) is 16.8 Å². The van der Waals surface area contributed by atoms with Crippen molar-refractivity contribution in [1.82, 2.24) is 4.57 Å². The number of nitro benzene ring substituents is 1. The summed E-state index contributed by atoms with van der Waals surface area (Å²) in [5, 5.41) is 13.4. The second-order valence-electron chi connectivity index (χ2n) is 5.91. The Morgan fingerprint density at radius 3 is 2.50 bits per heavy atom. The zero-order valence-corrected chi connectivity index (χ0v) is 15.2. The van der Waals surface area contributed by atoms with E-state index in [0.717, 1.165) is 17.9 Å². The van der Waals surface area contributed by atoms with Crippen molar-refractivity contribution in [3.8, 4) is 0 Å². The van der Waals surface area contributed by atoms with E-state index in [-0.39, 0.29) is 5.69 Å². The number of benzene rings is 1. The lowest BCUT2D eigenvalue weighted by Crippen LogP contribution is -2.21. The van der Waals surface area contributed by atoms with Crippen LogP contribution in [0.25, 0.3) is 0 Å². The minimum absolute atomic E-state index is 0.130. The molecule has 0 spiro atoms. The minimum atomic E-state index is -0.580. The van der Waals surface area contributed by atoms with Gasteiger partial charge in [-0.15, -0.1) is 0 Å². The van der Waals surface area contributed by atoms with Crippen molar-refractivity contribution in [1.29, 1.82) is 0 Å². The van der Waals surface area contributed by atoms with Crippen molar-refractivity contribution in [2.24, 2.45) is 0 Å². The molecule has 0 unspecified atom stereocenters. The van der Waals surface area contributed by atoms with Gasteiger partial charge in [0.05, 0.1) is 16.2 Å². The number of carbonyl (C=O) groups excluding carboxylic acids is 2. The Labute approximate surface area is 150 Å². The second-order valence-corrected chi connectivity index (χ2v) is 5.91. The van der Waals surface area contributed by atoms with E-state index in [4.69, 9.17) is 4.74 Å². The van der Waals surface area contributed by atoms with E-state index < -0.39 is 23.4 Å². The monoisotopic (exact) mass is 359 g/mol. The summed E-state index contributed by atoms with van der Waals surface area (Å²) in [5.74, 6) is -1.14. The Bertz CT molecular complexity index is 870. The summed E-state index contributed by atoms with van der Waals surface area (Å²) in [6, 6.07) is 5.89. The molecule has 8 heteroatoms. The van der Waals surface area contributed by atoms with Gasteiger partial charge in [-0.25, -0.2) is 4.79 Å². The van der Waals surface area contributed by atoms with Crippen LogP contribution in [0.4, 0.5) is 11.4 Å². The van der Waals surface area contributed by atoms with Gasteiger partial charge in [-0.2, -0.15) is 0 Å². The largest absolute Gasteiger partial charge is 0.452 e. The summed E-state index contributed by atoms with van der Waals surface area (Å²) in [7, 11) is 0. The Morgan fingerprint density at radius 1 is 1.23 bits per heavy atom. The lowest BCUT2D eigenvalue weighted by molar-refractivity contribution is -0.384. The van der Waals surface area contributed by atoms with Crippen LogP contribution in [0.15, 0.2) is 24.3 Å². The predicted molar refractivity (Wildman–Crippen MR) is 96.3 cm³/mol. The number of nitrogens with one attached hydrogen (secondary N) is 1. The number of esters is 1. The first-order valence-electron chi connectivity index (χ1n) is 8.13. The average Bonchev–Trinajstić information content (AvgIpc) is 2.88. The van der Waals surface area contributed by atoms with Crippen LogP contribution in [0.3, 0.4) is 0 Å². The molecule has 0 saturated carbocycles. The van der Waals surface area contributed by atoms with Crippen LogP contribution in [0.5, 0.6) is 0 Å². The molecule has 0 fully saturated rings. The first kappa shape index (κ1) is 19.2. The fourth-order valence-corrected chi connectivity index (χ4v) is 2.75. The smallest absolute Gasteiger partial charge is 0.340 e. The summed E-state index contributed by atoms with van der Waals surface area (Å²) < 4.78 is 7.05. The second kappa shape index (κ2) is 7.81. The van der Waals surface area contributed by atoms with Gasteiger partial charge in [0, 0.05) is 30.1 Å². The third-order valence-corrected chi connectivity index (χ3v) is 4.15. The Morgan fingerprint density at radius 2 is 1.92 bits per heavy atom. The molecule has 1 amide bonds. The SMILES string of the molecule is CCn1c(C)cc(C(=O)OCC(=O)Nc2cc([N+](=O)[O-])ccc2C)c1C. The van der Waals surface area contributed by atoms with E-state index in [9.17, 15) is 19.7 Å². The van der Waals surface area contributed by atoms with Crippen LogP contribution < -0.4 is 5.32 Å². The maximum atomic E-state index is 12.2. The third-order valence-electron chi connectivity index (χ3n) is 4.15. The molecule has 0 radical (unpaired) electrons. The van der Waals surface area contributed by atoms with Gasteiger partial charge in [-0.1, -0.05) is 6.07 Å². The van der Waals surface area contributed by atoms with Crippen molar-refractivity contribution in [2.45, 2.75) is 34.2 Å². The van der Waals surface area contributed by atoms with Crippen LogP contribution in [-0.2, 0) is 16.1 Å². The highest BCUT2D eigenvalue weighted by Crippen LogP contribution is 2.22. The fraction of sp³-hybridized carbons (Fsp3) is 0.333. The van der Waals surface area contributed by atoms with Gasteiger partial charge < -0.3 is 14.6 Å². The van der Waals surface area contributed by atoms with E-state index in [1.807, 2.05) is 25.3 Å². The molecule has 2 aromatic rings. The first-order valence-corrected chi connectivity index (χ1v) is 8.13. The minimum Gasteiger partial charge on any atom is -0.452 e. The highest BCUT2D eigenvalue weighted by atomic mass is 16.6. The summed E-state index contributed by atoms with van der Waals surface area (Å²) in [4.78, 5) is 34.5. The number of carbonyl (C=O) groups is 2. The van der Waals surface area contributed by atoms with E-state index in [1.165, 1.54) is 12.1 Å². The zero-order chi connectivity index (χ0) is 19.4. The summed E-state index contributed by atoms with van der Waals surface area (Å²) >= 11 is 0. The predicted octanol–water partition coefficient (Wildman–Crippen LogP) is 3.14. The molecular weight excluding hydrogens is 338 g/mol. The fourth-order valence-electron chi connectivity index (χ4n) is 2.75. The molecule has 0 bridgehead atoms. The van der Waals surface area contributed by atoms with Crippen molar-refractivity contribution in [2.75, 3.05) is 11.9 Å². The number of anilines is 1. The van der Waals surface area contributed by atoms with Gasteiger partial charge in [-0.3, -0.25) is 14.9 Å². The summed E-state index contributed by atoms with van der Waals surface area (Å²) in [6.45, 7) is 7.66. The van der Waals surface area contributed by atoms with Crippen molar-refractivity contribution in [3.63, 3.8) is 0 Å². The van der Waals surface area contributed by atoms with Crippen LogP contribution in [0.1, 0.15) is 34.2 Å². The molecular formula is C18H21N3O5. The van der Waals surface area contributed by atoms with Crippen molar-refractivity contribution in [3.05, 3.63) is 56.9 Å². The molecule has 138 valence electrons. The molecule has 8 nitrogen and oxygen atoms in total. The maximum Gasteiger partial charge on any atom is 0.340 e. The summed E-state index contributed by atoms with van der Waals surface area (Å²) in [5.41, 5.74) is 2.99. The first-order chi connectivity index (χ1) is 12.2. The average molecular weight is 359 g/mol. The number of rotatable bonds is 6. The standard InChI is InChI=1S/C18H21N3O5/c1-5-20-12(3)8-15(13(20)4)18(23)26-10-17(22)19-16-9-14(21(24)25)7-6-11(16)2/h6-9H,5,10H2,1-4H3,(H,19,22). The lowest BCUT2D eigenvalue weighted by Gasteiger charge is -2.09. The summed E-state index contributed by atoms with van der Waals surface area (Å²) in [6.07, 6.45) is 0. The van der Waals surface area contributed by atoms with Gasteiger partial charge in [0.1, 0.15) is 0 Å². The van der Waals surface area contributed by atoms with Crippen molar-refractivity contribution < 1.29 is 19.2 Å². The molecule has 0 atom stereocenters. The molecule has 0 saturated heterocycles. The number of hydrogen-bond acceptors (Lipinski definition) is 5. The molecule has 0 aliphatic heterocycles. The van der Waals surface area contributed by atoms with Crippen LogP contribution in [-0.4, -0.2) is 28.0 Å². The van der Waals surface area contributed by atoms with E-state index >= 15 is 0 Å². The number of nitrogens with zero attached hydrogens (tertiary/aromatic N) is 2. The Hall–Kier alpha value is -3.16. The number of ether oxygens (including phenoxy) is 1. The van der Waals surface area contributed by atoms with E-state index in [2.05, 4.69) is 5.32 Å². The molecule has 26 heavy (non-hydrogen) atoms. The molecule has 0 aliphatic carbocycles. The molecule has 1 aromatic carbocycles. The lowest BCUT2D eigenvalue weighted by atomic mass is 10.2. The number of non-ortho nitro benzene ring substituents is 1. The van der Waals surface area contributed by atoms with Gasteiger partial charge in [-0.05, 0) is 39.3 Å². The van der Waals surface area contributed by atoms with Crippen molar-refractivity contribution >= 4 is 23.3 Å². The van der Waals surface area contributed by atoms with Crippen LogP contribution in [0, 0.1) is 30.9 Å². The normalized spacial score (nSPS) is 10.5. The van der Waals surface area contributed by atoms with Gasteiger partial charge in [0.2, 0.25) is 0 Å². The van der Waals surface area contributed by atoms with Crippen LogP contribution in [0.2, 0.25) is 0 Å². The van der Waals surface area contributed by atoms with Gasteiger partial charge in [0.15, 0.2) is 6.61 Å². The number of aryl methyl sites for hydroxylation is 2. The highest BCUT2D eigenvalue weighted by Gasteiger charge is 2.18.